The normalized spacial score (nSPS) is 17.3. The molecule has 0 bridgehead atoms. The Morgan fingerprint density at radius 2 is 2.26 bits per heavy atom. The minimum atomic E-state index is 0.208. The molecule has 0 aliphatic carbocycles. The number of anilines is 2. The van der Waals surface area contributed by atoms with Crippen molar-refractivity contribution in [3.8, 4) is 5.75 Å². The Labute approximate surface area is 206 Å². The molecule has 184 valence electrons. The van der Waals surface area contributed by atoms with Crippen LogP contribution in [0.25, 0.3) is 0 Å². The number of ether oxygens (including phenoxy) is 1. The number of benzene rings is 1. The summed E-state index contributed by atoms with van der Waals surface area (Å²) in [6.07, 6.45) is 11.5. The summed E-state index contributed by atoms with van der Waals surface area (Å²) in [5.74, 6) is 2.00. The molecular weight excluding hydrogens is 442 g/mol. The molecular formula is C26H33N7O2. The summed E-state index contributed by atoms with van der Waals surface area (Å²) < 4.78 is 5.87. The van der Waals surface area contributed by atoms with Gasteiger partial charge in [0.15, 0.2) is 0 Å². The van der Waals surface area contributed by atoms with E-state index in [1.165, 1.54) is 6.21 Å². The van der Waals surface area contributed by atoms with E-state index >= 15 is 0 Å². The molecule has 9 nitrogen and oxygen atoms in total. The van der Waals surface area contributed by atoms with Crippen LogP contribution in [0.15, 0.2) is 47.2 Å². The fourth-order valence-electron chi connectivity index (χ4n) is 4.14. The van der Waals surface area contributed by atoms with Crippen molar-refractivity contribution in [2.45, 2.75) is 51.6 Å². The topological polar surface area (TPSA) is 116 Å². The molecule has 1 atom stereocenters. The van der Waals surface area contributed by atoms with Crippen LogP contribution in [-0.4, -0.2) is 58.9 Å². The zero-order valence-electron chi connectivity index (χ0n) is 20.2. The summed E-state index contributed by atoms with van der Waals surface area (Å²) in [5.41, 5.74) is 2.51. The van der Waals surface area contributed by atoms with E-state index in [0.717, 1.165) is 49.2 Å². The molecule has 0 saturated carbocycles. The van der Waals surface area contributed by atoms with E-state index < -0.39 is 0 Å². The van der Waals surface area contributed by atoms with Crippen molar-refractivity contribution in [2.75, 3.05) is 30.3 Å². The lowest BCUT2D eigenvalue weighted by molar-refractivity contribution is -0.128. The number of likely N-dealkylation sites (tertiary alicyclic amines) is 1. The smallest absolute Gasteiger partial charge is 0.229 e. The third kappa shape index (κ3) is 6.88. The number of rotatable bonds is 12. The number of dihydropyridines is 1. The first-order chi connectivity index (χ1) is 17.1. The molecule has 1 unspecified atom stereocenters. The van der Waals surface area contributed by atoms with Crippen molar-refractivity contribution >= 4 is 30.1 Å². The number of hydrogen-bond donors (Lipinski definition) is 3. The van der Waals surface area contributed by atoms with E-state index in [2.05, 4.69) is 38.6 Å². The molecule has 1 fully saturated rings. The predicted molar refractivity (Wildman–Crippen MR) is 139 cm³/mol. The third-order valence-electron chi connectivity index (χ3n) is 6.04. The van der Waals surface area contributed by atoms with E-state index in [9.17, 15) is 4.79 Å². The summed E-state index contributed by atoms with van der Waals surface area (Å²) in [4.78, 5) is 27.1. The van der Waals surface area contributed by atoms with Crippen LogP contribution in [0.1, 0.15) is 50.2 Å². The molecule has 3 heterocycles. The minimum Gasteiger partial charge on any atom is -0.492 e. The van der Waals surface area contributed by atoms with Gasteiger partial charge in [-0.05, 0) is 37.0 Å². The summed E-state index contributed by atoms with van der Waals surface area (Å²) in [5, 5.41) is 14.2. The van der Waals surface area contributed by atoms with Crippen molar-refractivity contribution in [3.63, 3.8) is 0 Å². The predicted octanol–water partition coefficient (Wildman–Crippen LogP) is 4.03. The zero-order valence-corrected chi connectivity index (χ0v) is 20.2. The van der Waals surface area contributed by atoms with Crippen molar-refractivity contribution in [1.82, 2.24) is 14.9 Å². The lowest BCUT2D eigenvalue weighted by Crippen LogP contribution is -2.29. The number of carbonyl (C=O) groups is 1. The van der Waals surface area contributed by atoms with Crippen LogP contribution in [0.3, 0.4) is 0 Å². The van der Waals surface area contributed by atoms with Crippen molar-refractivity contribution in [1.29, 1.82) is 5.41 Å². The van der Waals surface area contributed by atoms with Crippen molar-refractivity contribution in [2.24, 2.45) is 4.99 Å². The second kappa shape index (κ2) is 12.1. The van der Waals surface area contributed by atoms with Crippen molar-refractivity contribution < 1.29 is 9.53 Å². The highest BCUT2D eigenvalue weighted by Crippen LogP contribution is 2.19. The molecule has 3 N–H and O–H groups in total. The van der Waals surface area contributed by atoms with Gasteiger partial charge in [0.05, 0.1) is 23.8 Å². The fraction of sp³-hybridized carbons (Fsp3) is 0.423. The fourth-order valence-corrected chi connectivity index (χ4v) is 4.14. The summed E-state index contributed by atoms with van der Waals surface area (Å²) in [7, 11) is 0. The van der Waals surface area contributed by atoms with Gasteiger partial charge in [-0.25, -0.2) is 4.98 Å². The van der Waals surface area contributed by atoms with E-state index in [4.69, 9.17) is 10.1 Å². The van der Waals surface area contributed by atoms with Gasteiger partial charge in [0.1, 0.15) is 18.2 Å². The second-order valence-electron chi connectivity index (χ2n) is 8.72. The van der Waals surface area contributed by atoms with Gasteiger partial charge >= 0.3 is 0 Å². The Hall–Kier alpha value is -3.75. The van der Waals surface area contributed by atoms with Gasteiger partial charge < -0.3 is 25.7 Å². The lowest BCUT2D eigenvalue weighted by atomic mass is 10.1. The third-order valence-corrected chi connectivity index (χ3v) is 6.04. The van der Waals surface area contributed by atoms with Crippen molar-refractivity contribution in [3.05, 3.63) is 53.4 Å². The highest BCUT2D eigenvalue weighted by molar-refractivity contribution is 5.85. The van der Waals surface area contributed by atoms with Gasteiger partial charge in [-0.3, -0.25) is 9.79 Å². The average molecular weight is 476 g/mol. The summed E-state index contributed by atoms with van der Waals surface area (Å²) in [6.45, 7) is 4.59. The van der Waals surface area contributed by atoms with E-state index in [-0.39, 0.29) is 5.91 Å². The van der Waals surface area contributed by atoms with Gasteiger partial charge in [-0.2, -0.15) is 4.98 Å². The minimum absolute atomic E-state index is 0.208. The Morgan fingerprint density at radius 3 is 3.00 bits per heavy atom. The number of aromatic nitrogens is 2. The second-order valence-corrected chi connectivity index (χ2v) is 8.72. The number of nitrogens with zero attached hydrogens (tertiary/aromatic N) is 4. The number of aliphatic imine (C=N–C) groups is 1. The first-order valence-corrected chi connectivity index (χ1v) is 12.3. The molecule has 2 aliphatic heterocycles. The van der Waals surface area contributed by atoms with Gasteiger partial charge in [0.2, 0.25) is 11.9 Å². The standard InChI is InChI=1S/C26H33N7O2/c1-2-5-21-9-10-22(18-28-21)31-26-30-17-20(15-27)25(32-26)29-16-19-6-3-7-23(14-19)35-13-12-33-11-4-8-24(33)34/h3,6-7,10,14-15,17-18,21,27H,2,4-5,8-9,11-13,16H2,1H3,(H2,29,30,31,32). The first kappa shape index (κ1) is 24.4. The molecule has 1 saturated heterocycles. The quantitative estimate of drug-likeness (QED) is 0.399. The maximum Gasteiger partial charge on any atom is 0.229 e. The van der Waals surface area contributed by atoms with Gasteiger partial charge in [-0.15, -0.1) is 0 Å². The lowest BCUT2D eigenvalue weighted by Gasteiger charge is -2.16. The number of nitrogens with one attached hydrogen (secondary N) is 3. The van der Waals surface area contributed by atoms with Gasteiger partial charge in [0, 0.05) is 38.1 Å². The van der Waals surface area contributed by atoms with E-state index in [1.807, 2.05) is 35.4 Å². The molecule has 0 spiro atoms. The summed E-state index contributed by atoms with van der Waals surface area (Å²) >= 11 is 0. The van der Waals surface area contributed by atoms with Gasteiger partial charge in [0.25, 0.3) is 0 Å². The Bertz CT molecular complexity index is 1100. The van der Waals surface area contributed by atoms with E-state index in [1.54, 1.807) is 6.20 Å². The van der Waals surface area contributed by atoms with Gasteiger partial charge in [-0.1, -0.05) is 31.6 Å². The monoisotopic (exact) mass is 475 g/mol. The SMILES string of the molecule is CCCC1CC=C(Nc2ncc(C=N)c(NCc3cccc(OCCN4CCCC4=O)c3)n2)C=N1. The largest absolute Gasteiger partial charge is 0.492 e. The van der Waals surface area contributed by atoms with Crippen LogP contribution in [0, 0.1) is 5.41 Å². The Kier molecular flexibility index (Phi) is 8.43. The number of allylic oxidation sites excluding steroid dienone is 1. The maximum atomic E-state index is 11.7. The number of hydrogen-bond acceptors (Lipinski definition) is 8. The van der Waals surface area contributed by atoms with Crippen LogP contribution >= 0.6 is 0 Å². The molecule has 0 radical (unpaired) electrons. The highest BCUT2D eigenvalue weighted by atomic mass is 16.5. The van der Waals surface area contributed by atoms with Crippen LogP contribution in [-0.2, 0) is 11.3 Å². The summed E-state index contributed by atoms with van der Waals surface area (Å²) in [6, 6.07) is 8.18. The highest BCUT2D eigenvalue weighted by Gasteiger charge is 2.19. The van der Waals surface area contributed by atoms with Crippen LogP contribution in [0.4, 0.5) is 11.8 Å². The van der Waals surface area contributed by atoms with Crippen LogP contribution < -0.4 is 15.4 Å². The molecule has 35 heavy (non-hydrogen) atoms. The number of amides is 1. The molecule has 4 rings (SSSR count). The van der Waals surface area contributed by atoms with E-state index in [0.29, 0.717) is 49.5 Å². The molecule has 9 heteroatoms. The molecule has 1 amide bonds. The zero-order chi connectivity index (χ0) is 24.5. The Balaban J connectivity index is 1.33. The molecule has 2 aliphatic rings. The molecule has 2 aromatic rings. The molecule has 1 aromatic carbocycles. The Morgan fingerprint density at radius 1 is 1.34 bits per heavy atom. The van der Waals surface area contributed by atoms with Crippen LogP contribution in [0.2, 0.25) is 0 Å². The molecule has 1 aromatic heterocycles. The van der Waals surface area contributed by atoms with Crippen LogP contribution in [0.5, 0.6) is 5.75 Å². The number of carbonyl (C=O) groups excluding carboxylic acids is 1. The maximum absolute atomic E-state index is 11.7. The first-order valence-electron chi connectivity index (χ1n) is 12.3. The average Bonchev–Trinajstić information content (AvgIpc) is 3.29.